The molecule has 0 aliphatic carbocycles. The van der Waals surface area contributed by atoms with Crippen molar-refractivity contribution >= 4 is 21.6 Å². The Hall–Kier alpha value is -1.88. The molecule has 104 valence electrons. The van der Waals surface area contributed by atoms with E-state index in [0.717, 1.165) is 32.8 Å². The highest BCUT2D eigenvalue weighted by Gasteiger charge is 2.17. The SMILES string of the molecule is Cc1cc(O)ccc1NCc1cc(Br)c2c(c1)OCO2. The molecule has 0 fully saturated rings. The van der Waals surface area contributed by atoms with E-state index in [1.54, 1.807) is 12.1 Å². The largest absolute Gasteiger partial charge is 0.508 e. The van der Waals surface area contributed by atoms with Crippen LogP contribution in [0.25, 0.3) is 0 Å². The smallest absolute Gasteiger partial charge is 0.231 e. The van der Waals surface area contributed by atoms with E-state index in [1.807, 2.05) is 25.1 Å². The van der Waals surface area contributed by atoms with Gasteiger partial charge >= 0.3 is 0 Å². The Morgan fingerprint density at radius 2 is 2.10 bits per heavy atom. The Morgan fingerprint density at radius 1 is 1.25 bits per heavy atom. The van der Waals surface area contributed by atoms with E-state index in [0.29, 0.717) is 6.54 Å². The van der Waals surface area contributed by atoms with Crippen LogP contribution in [0.1, 0.15) is 11.1 Å². The first-order valence-corrected chi connectivity index (χ1v) is 7.04. The second-order valence-electron chi connectivity index (χ2n) is 4.66. The van der Waals surface area contributed by atoms with Crippen LogP contribution in [0, 0.1) is 6.92 Å². The minimum atomic E-state index is 0.266. The predicted octanol–water partition coefficient (Wildman–Crippen LogP) is 3.80. The highest BCUT2D eigenvalue weighted by molar-refractivity contribution is 9.10. The molecule has 0 unspecified atom stereocenters. The monoisotopic (exact) mass is 335 g/mol. The van der Waals surface area contributed by atoms with Crippen molar-refractivity contribution in [2.75, 3.05) is 12.1 Å². The summed E-state index contributed by atoms with van der Waals surface area (Å²) in [5.41, 5.74) is 3.09. The van der Waals surface area contributed by atoms with Gasteiger partial charge < -0.3 is 19.9 Å². The minimum Gasteiger partial charge on any atom is -0.508 e. The number of rotatable bonds is 3. The van der Waals surface area contributed by atoms with Gasteiger partial charge in [0, 0.05) is 12.2 Å². The first kappa shape index (κ1) is 13.1. The molecule has 0 spiro atoms. The van der Waals surface area contributed by atoms with Gasteiger partial charge in [0.25, 0.3) is 0 Å². The van der Waals surface area contributed by atoms with E-state index in [-0.39, 0.29) is 12.5 Å². The normalized spacial score (nSPS) is 12.5. The number of hydrogen-bond acceptors (Lipinski definition) is 4. The fourth-order valence-corrected chi connectivity index (χ4v) is 2.77. The van der Waals surface area contributed by atoms with Gasteiger partial charge in [-0.05, 0) is 64.3 Å². The van der Waals surface area contributed by atoms with E-state index in [2.05, 4.69) is 21.2 Å². The number of phenolic OH excluding ortho intramolecular Hbond substituents is 1. The van der Waals surface area contributed by atoms with Crippen molar-refractivity contribution in [1.29, 1.82) is 0 Å². The molecule has 5 heteroatoms. The number of aromatic hydroxyl groups is 1. The maximum absolute atomic E-state index is 9.40. The first-order valence-electron chi connectivity index (χ1n) is 6.25. The predicted molar refractivity (Wildman–Crippen MR) is 80.4 cm³/mol. The Labute approximate surface area is 125 Å². The zero-order valence-electron chi connectivity index (χ0n) is 10.9. The van der Waals surface area contributed by atoms with E-state index < -0.39 is 0 Å². The van der Waals surface area contributed by atoms with Crippen molar-refractivity contribution in [2.45, 2.75) is 13.5 Å². The maximum atomic E-state index is 9.40. The van der Waals surface area contributed by atoms with Gasteiger partial charge in [-0.3, -0.25) is 0 Å². The molecule has 0 saturated heterocycles. The van der Waals surface area contributed by atoms with Crippen molar-refractivity contribution in [2.24, 2.45) is 0 Å². The number of anilines is 1. The number of fused-ring (bicyclic) bond motifs is 1. The molecule has 0 bridgehead atoms. The van der Waals surface area contributed by atoms with Gasteiger partial charge in [0.1, 0.15) is 5.75 Å². The third-order valence-corrected chi connectivity index (χ3v) is 3.77. The number of hydrogen-bond donors (Lipinski definition) is 2. The van der Waals surface area contributed by atoms with Crippen molar-refractivity contribution in [1.82, 2.24) is 0 Å². The summed E-state index contributed by atoms with van der Waals surface area (Å²) in [6, 6.07) is 9.25. The van der Waals surface area contributed by atoms with Crippen LogP contribution in [0.3, 0.4) is 0 Å². The molecule has 0 radical (unpaired) electrons. The van der Waals surface area contributed by atoms with E-state index >= 15 is 0 Å². The quantitative estimate of drug-likeness (QED) is 0.837. The number of nitrogens with one attached hydrogen (secondary N) is 1. The van der Waals surface area contributed by atoms with Crippen LogP contribution in [-0.4, -0.2) is 11.9 Å². The lowest BCUT2D eigenvalue weighted by molar-refractivity contribution is 0.173. The second-order valence-corrected chi connectivity index (χ2v) is 5.52. The van der Waals surface area contributed by atoms with Crippen LogP contribution in [-0.2, 0) is 6.54 Å². The molecule has 20 heavy (non-hydrogen) atoms. The third-order valence-electron chi connectivity index (χ3n) is 3.18. The molecule has 2 N–H and O–H groups in total. The van der Waals surface area contributed by atoms with Crippen molar-refractivity contribution in [3.63, 3.8) is 0 Å². The molecule has 4 nitrogen and oxygen atoms in total. The summed E-state index contributed by atoms with van der Waals surface area (Å²) in [5, 5.41) is 12.7. The lowest BCUT2D eigenvalue weighted by Crippen LogP contribution is -2.01. The second kappa shape index (κ2) is 5.25. The number of ether oxygens (including phenoxy) is 2. The summed E-state index contributed by atoms with van der Waals surface area (Å²) in [5.74, 6) is 1.80. The molecule has 1 aliphatic rings. The fraction of sp³-hybridized carbons (Fsp3) is 0.200. The van der Waals surface area contributed by atoms with Gasteiger partial charge in [0.15, 0.2) is 11.5 Å². The number of halogens is 1. The highest BCUT2D eigenvalue weighted by atomic mass is 79.9. The zero-order chi connectivity index (χ0) is 14.1. The Balaban J connectivity index is 1.77. The summed E-state index contributed by atoms with van der Waals surface area (Å²) >= 11 is 3.48. The number of aryl methyl sites for hydroxylation is 1. The summed E-state index contributed by atoms with van der Waals surface area (Å²) < 4.78 is 11.7. The van der Waals surface area contributed by atoms with Crippen LogP contribution in [0.15, 0.2) is 34.8 Å². The summed E-state index contributed by atoms with van der Waals surface area (Å²) in [7, 11) is 0. The van der Waals surface area contributed by atoms with Crippen molar-refractivity contribution < 1.29 is 14.6 Å². The minimum absolute atomic E-state index is 0.266. The van der Waals surface area contributed by atoms with Crippen LogP contribution >= 0.6 is 15.9 Å². The van der Waals surface area contributed by atoms with Crippen molar-refractivity contribution in [3.8, 4) is 17.2 Å². The van der Waals surface area contributed by atoms with Crippen LogP contribution in [0.2, 0.25) is 0 Å². The van der Waals surface area contributed by atoms with Crippen LogP contribution in [0.5, 0.6) is 17.2 Å². The Bertz CT molecular complexity index is 658. The highest BCUT2D eigenvalue weighted by Crippen LogP contribution is 2.40. The van der Waals surface area contributed by atoms with Gasteiger partial charge in [-0.2, -0.15) is 0 Å². The molecule has 0 saturated carbocycles. The lowest BCUT2D eigenvalue weighted by atomic mass is 10.1. The molecular weight excluding hydrogens is 322 g/mol. The lowest BCUT2D eigenvalue weighted by Gasteiger charge is -2.11. The molecular formula is C15H14BrNO3. The van der Waals surface area contributed by atoms with E-state index in [9.17, 15) is 5.11 Å². The molecule has 0 amide bonds. The fourth-order valence-electron chi connectivity index (χ4n) is 2.17. The third kappa shape index (κ3) is 2.54. The van der Waals surface area contributed by atoms with Gasteiger partial charge in [-0.15, -0.1) is 0 Å². The first-order chi connectivity index (χ1) is 9.63. The summed E-state index contributed by atoms with van der Waals surface area (Å²) in [4.78, 5) is 0. The maximum Gasteiger partial charge on any atom is 0.231 e. The standard InChI is InChI=1S/C15H14BrNO3/c1-9-4-11(18)2-3-13(9)17-7-10-5-12(16)15-14(6-10)19-8-20-15/h2-6,17-18H,7-8H2,1H3. The van der Waals surface area contributed by atoms with E-state index in [4.69, 9.17) is 9.47 Å². The average molecular weight is 336 g/mol. The molecule has 3 rings (SSSR count). The molecule has 1 heterocycles. The van der Waals surface area contributed by atoms with Crippen LogP contribution in [0.4, 0.5) is 5.69 Å². The molecule has 0 atom stereocenters. The molecule has 0 aromatic heterocycles. The number of phenols is 1. The van der Waals surface area contributed by atoms with E-state index in [1.165, 1.54) is 0 Å². The Morgan fingerprint density at radius 3 is 2.90 bits per heavy atom. The molecule has 2 aromatic rings. The molecule has 2 aromatic carbocycles. The van der Waals surface area contributed by atoms with Gasteiger partial charge in [0.2, 0.25) is 6.79 Å². The summed E-state index contributed by atoms with van der Waals surface area (Å²) in [6.07, 6.45) is 0. The van der Waals surface area contributed by atoms with Gasteiger partial charge in [0.05, 0.1) is 4.47 Å². The zero-order valence-corrected chi connectivity index (χ0v) is 12.5. The van der Waals surface area contributed by atoms with Crippen molar-refractivity contribution in [3.05, 3.63) is 45.9 Å². The van der Waals surface area contributed by atoms with Gasteiger partial charge in [-0.25, -0.2) is 0 Å². The number of benzene rings is 2. The van der Waals surface area contributed by atoms with Crippen LogP contribution < -0.4 is 14.8 Å². The summed E-state index contributed by atoms with van der Waals surface area (Å²) in [6.45, 7) is 2.89. The molecule has 1 aliphatic heterocycles. The topological polar surface area (TPSA) is 50.7 Å². The van der Waals surface area contributed by atoms with Gasteiger partial charge in [-0.1, -0.05) is 0 Å². The average Bonchev–Trinajstić information content (AvgIpc) is 2.86. The Kier molecular flexibility index (Phi) is 3.44.